The fourth-order valence-electron chi connectivity index (χ4n) is 5.45. The molecule has 1 atom stereocenters. The number of piperazine rings is 1. The number of likely N-dealkylation sites (N-methyl/N-ethyl adjacent to an activating group) is 1. The Morgan fingerprint density at radius 1 is 1.02 bits per heavy atom. The number of imidazole rings is 1. The van der Waals surface area contributed by atoms with Crippen molar-refractivity contribution < 1.29 is 18.0 Å². The molecule has 0 unspecified atom stereocenters. The van der Waals surface area contributed by atoms with Gasteiger partial charge in [-0.2, -0.15) is 13.2 Å². The van der Waals surface area contributed by atoms with Crippen LogP contribution in [0.15, 0.2) is 60.9 Å². The van der Waals surface area contributed by atoms with Crippen LogP contribution in [0.5, 0.6) is 0 Å². The number of pyridine rings is 1. The van der Waals surface area contributed by atoms with E-state index in [1.807, 2.05) is 47.2 Å². The lowest BCUT2D eigenvalue weighted by atomic mass is 10.0. The fraction of sp³-hybridized carbons (Fsp3) is 0.379. The van der Waals surface area contributed by atoms with E-state index >= 15 is 0 Å². The second kappa shape index (κ2) is 11.1. The van der Waals surface area contributed by atoms with E-state index in [0.717, 1.165) is 43.6 Å². The third-order valence-corrected chi connectivity index (χ3v) is 7.83. The van der Waals surface area contributed by atoms with Crippen molar-refractivity contribution >= 4 is 23.1 Å². The SMILES string of the molecule is CN1CCN(Cc2ccc(NC(=O)[C@@H]3CCN(c4ccc5ncc(-c6ccccn6)n5n4)C3)cc2C(F)(F)F)CC1. The van der Waals surface area contributed by atoms with Gasteiger partial charge in [-0.25, -0.2) is 9.50 Å². The highest BCUT2D eigenvalue weighted by Gasteiger charge is 2.35. The van der Waals surface area contributed by atoms with Crippen molar-refractivity contribution in [2.75, 3.05) is 56.5 Å². The summed E-state index contributed by atoms with van der Waals surface area (Å²) in [5.74, 6) is 0.00539. The highest BCUT2D eigenvalue weighted by molar-refractivity contribution is 5.93. The first-order valence-corrected chi connectivity index (χ1v) is 13.7. The molecule has 214 valence electrons. The maximum absolute atomic E-state index is 14.0. The van der Waals surface area contributed by atoms with Crippen molar-refractivity contribution in [3.8, 4) is 11.4 Å². The first kappa shape index (κ1) is 27.2. The van der Waals surface area contributed by atoms with Gasteiger partial charge in [-0.1, -0.05) is 12.1 Å². The lowest BCUT2D eigenvalue weighted by Crippen LogP contribution is -2.44. The second-order valence-corrected chi connectivity index (χ2v) is 10.7. The summed E-state index contributed by atoms with van der Waals surface area (Å²) in [5, 5.41) is 7.48. The van der Waals surface area contributed by atoms with Gasteiger partial charge in [-0.15, -0.1) is 5.10 Å². The highest BCUT2D eigenvalue weighted by Crippen LogP contribution is 2.35. The number of alkyl halides is 3. The molecule has 12 heteroatoms. The molecule has 0 radical (unpaired) electrons. The van der Waals surface area contributed by atoms with Crippen LogP contribution in [-0.2, 0) is 17.5 Å². The molecular weight excluding hydrogens is 533 g/mol. The molecule has 0 bridgehead atoms. The minimum atomic E-state index is -4.52. The standard InChI is InChI=1S/C29H31F3N8O/c1-37-12-14-38(15-13-37)18-20-5-6-22(16-23(20)29(30,31)32)35-28(41)21-9-11-39(19-21)27-8-7-26-34-17-25(40(26)36-27)24-4-2-3-10-33-24/h2-8,10,16-17,21H,9,11-15,18-19H2,1H3,(H,35,41)/t21-/m1/s1. The normalized spacial score (nSPS) is 18.7. The number of hydrogen-bond donors (Lipinski definition) is 1. The third kappa shape index (κ3) is 5.89. The Hall–Kier alpha value is -4.03. The van der Waals surface area contributed by atoms with Gasteiger partial charge in [0.1, 0.15) is 11.5 Å². The number of carbonyl (C=O) groups excluding carboxylic acids is 1. The van der Waals surface area contributed by atoms with Gasteiger partial charge in [0.15, 0.2) is 5.65 Å². The zero-order valence-electron chi connectivity index (χ0n) is 22.7. The zero-order valence-corrected chi connectivity index (χ0v) is 22.7. The average Bonchev–Trinajstić information content (AvgIpc) is 3.63. The van der Waals surface area contributed by atoms with E-state index in [0.29, 0.717) is 31.0 Å². The molecule has 0 spiro atoms. The number of nitrogens with zero attached hydrogens (tertiary/aromatic N) is 7. The van der Waals surface area contributed by atoms with Gasteiger partial charge in [0.25, 0.3) is 0 Å². The molecule has 41 heavy (non-hydrogen) atoms. The van der Waals surface area contributed by atoms with Gasteiger partial charge in [0.05, 0.1) is 23.4 Å². The van der Waals surface area contributed by atoms with Crippen LogP contribution in [0.2, 0.25) is 0 Å². The van der Waals surface area contributed by atoms with Crippen molar-refractivity contribution in [3.05, 3.63) is 72.1 Å². The number of benzene rings is 1. The van der Waals surface area contributed by atoms with E-state index in [-0.39, 0.29) is 29.6 Å². The lowest BCUT2D eigenvalue weighted by molar-refractivity contribution is -0.138. The maximum Gasteiger partial charge on any atom is 0.416 e. The van der Waals surface area contributed by atoms with Crippen molar-refractivity contribution in [1.82, 2.24) is 29.4 Å². The van der Waals surface area contributed by atoms with Crippen LogP contribution >= 0.6 is 0 Å². The number of amides is 1. The molecule has 6 rings (SSSR count). The van der Waals surface area contributed by atoms with Gasteiger partial charge < -0.3 is 15.1 Å². The molecule has 2 aliphatic heterocycles. The van der Waals surface area contributed by atoms with E-state index in [4.69, 9.17) is 5.10 Å². The monoisotopic (exact) mass is 564 g/mol. The van der Waals surface area contributed by atoms with Gasteiger partial charge in [0.2, 0.25) is 5.91 Å². The predicted molar refractivity (Wildman–Crippen MR) is 149 cm³/mol. The lowest BCUT2D eigenvalue weighted by Gasteiger charge is -2.33. The number of aromatic nitrogens is 4. The van der Waals surface area contributed by atoms with Crippen LogP contribution in [0.1, 0.15) is 17.5 Å². The molecule has 3 aromatic heterocycles. The van der Waals surface area contributed by atoms with E-state index < -0.39 is 11.7 Å². The van der Waals surface area contributed by atoms with E-state index in [1.165, 1.54) is 6.07 Å². The Kier molecular flexibility index (Phi) is 7.35. The maximum atomic E-state index is 14.0. The smallest absolute Gasteiger partial charge is 0.354 e. The van der Waals surface area contributed by atoms with Crippen molar-refractivity contribution in [2.24, 2.45) is 5.92 Å². The molecule has 1 aromatic carbocycles. The summed E-state index contributed by atoms with van der Waals surface area (Å²) in [6.07, 6.45) is -0.518. The Morgan fingerprint density at radius 2 is 1.85 bits per heavy atom. The van der Waals surface area contributed by atoms with Crippen LogP contribution in [-0.4, -0.2) is 81.6 Å². The molecule has 1 amide bonds. The summed E-state index contributed by atoms with van der Waals surface area (Å²) in [7, 11) is 2.01. The highest BCUT2D eigenvalue weighted by atomic mass is 19.4. The number of halogens is 3. The van der Waals surface area contributed by atoms with Crippen molar-refractivity contribution in [2.45, 2.75) is 19.1 Å². The van der Waals surface area contributed by atoms with Crippen LogP contribution < -0.4 is 10.2 Å². The molecule has 5 heterocycles. The minimum Gasteiger partial charge on any atom is -0.354 e. The quantitative estimate of drug-likeness (QED) is 0.379. The molecule has 0 aliphatic carbocycles. The van der Waals surface area contributed by atoms with Gasteiger partial charge in [-0.05, 0) is 55.4 Å². The summed E-state index contributed by atoms with van der Waals surface area (Å²) in [5.41, 5.74) is 1.85. The largest absolute Gasteiger partial charge is 0.416 e. The van der Waals surface area contributed by atoms with Crippen LogP contribution in [0.4, 0.5) is 24.7 Å². The fourth-order valence-corrected chi connectivity index (χ4v) is 5.45. The summed E-state index contributed by atoms with van der Waals surface area (Å²) < 4.78 is 43.7. The number of hydrogen-bond acceptors (Lipinski definition) is 7. The molecule has 9 nitrogen and oxygen atoms in total. The topological polar surface area (TPSA) is 81.9 Å². The minimum absolute atomic E-state index is 0.154. The van der Waals surface area contributed by atoms with Gasteiger partial charge >= 0.3 is 6.18 Å². The molecule has 0 saturated carbocycles. The van der Waals surface area contributed by atoms with E-state index in [2.05, 4.69) is 20.2 Å². The molecule has 4 aromatic rings. The number of nitrogens with one attached hydrogen (secondary N) is 1. The van der Waals surface area contributed by atoms with Crippen LogP contribution in [0.3, 0.4) is 0 Å². The Balaban J connectivity index is 1.14. The summed E-state index contributed by atoms with van der Waals surface area (Å²) in [6, 6.07) is 13.5. The molecule has 1 N–H and O–H groups in total. The summed E-state index contributed by atoms with van der Waals surface area (Å²) in [6.45, 7) is 4.32. The Labute approximate surface area is 235 Å². The average molecular weight is 565 g/mol. The van der Waals surface area contributed by atoms with Crippen LogP contribution in [0.25, 0.3) is 17.0 Å². The van der Waals surface area contributed by atoms with E-state index in [9.17, 15) is 18.0 Å². The summed E-state index contributed by atoms with van der Waals surface area (Å²) in [4.78, 5) is 28.1. The second-order valence-electron chi connectivity index (χ2n) is 10.7. The van der Waals surface area contributed by atoms with Crippen molar-refractivity contribution in [1.29, 1.82) is 0 Å². The third-order valence-electron chi connectivity index (χ3n) is 7.83. The van der Waals surface area contributed by atoms with Crippen LogP contribution in [0, 0.1) is 5.92 Å². The van der Waals surface area contributed by atoms with Crippen molar-refractivity contribution in [3.63, 3.8) is 0 Å². The molecule has 2 fully saturated rings. The number of fused-ring (bicyclic) bond motifs is 1. The predicted octanol–water partition coefficient (Wildman–Crippen LogP) is 4.02. The zero-order chi connectivity index (χ0) is 28.6. The van der Waals surface area contributed by atoms with Gasteiger partial charge in [-0.3, -0.25) is 14.7 Å². The first-order chi connectivity index (χ1) is 19.7. The Morgan fingerprint density at radius 3 is 2.61 bits per heavy atom. The number of anilines is 2. The Bertz CT molecular complexity index is 1530. The molecule has 2 aliphatic rings. The van der Waals surface area contributed by atoms with E-state index in [1.54, 1.807) is 23.0 Å². The summed E-state index contributed by atoms with van der Waals surface area (Å²) >= 11 is 0. The number of rotatable bonds is 6. The van der Waals surface area contributed by atoms with Gasteiger partial charge in [0, 0.05) is 57.7 Å². The first-order valence-electron chi connectivity index (χ1n) is 13.7. The molecular formula is C29H31F3N8O. The number of carbonyl (C=O) groups is 1. The molecule has 2 saturated heterocycles.